The second kappa shape index (κ2) is 3.86. The molecule has 2 heterocycles. The highest BCUT2D eigenvalue weighted by atomic mass is 16.1. The zero-order valence-corrected chi connectivity index (χ0v) is 9.00. The van der Waals surface area contributed by atoms with Crippen LogP contribution in [0.5, 0.6) is 0 Å². The van der Waals surface area contributed by atoms with E-state index in [0.717, 1.165) is 5.56 Å². The smallest absolute Gasteiger partial charge is 0.261 e. The topological polar surface area (TPSA) is 63.6 Å². The Labute approximate surface area is 96.7 Å². The van der Waals surface area contributed by atoms with Crippen molar-refractivity contribution in [2.75, 3.05) is 0 Å². The number of aromatic amines is 1. The van der Waals surface area contributed by atoms with Gasteiger partial charge in [-0.05, 0) is 5.56 Å². The van der Waals surface area contributed by atoms with Crippen molar-refractivity contribution in [3.05, 3.63) is 58.8 Å². The zero-order valence-electron chi connectivity index (χ0n) is 9.00. The molecule has 17 heavy (non-hydrogen) atoms. The number of hydrogen-bond acceptors (Lipinski definition) is 3. The summed E-state index contributed by atoms with van der Waals surface area (Å²) >= 11 is 0. The molecule has 2 aromatic heterocycles. The van der Waals surface area contributed by atoms with E-state index in [0.29, 0.717) is 17.6 Å². The summed E-state index contributed by atoms with van der Waals surface area (Å²) in [7, 11) is 0. The minimum atomic E-state index is -0.158. The van der Waals surface area contributed by atoms with Gasteiger partial charge in [-0.3, -0.25) is 4.79 Å². The van der Waals surface area contributed by atoms with Crippen molar-refractivity contribution >= 4 is 11.0 Å². The minimum Gasteiger partial charge on any atom is -0.312 e. The molecule has 0 amide bonds. The Morgan fingerprint density at radius 3 is 2.88 bits per heavy atom. The molecule has 0 unspecified atom stereocenters. The molecule has 3 aromatic rings. The molecule has 0 saturated carbocycles. The SMILES string of the molecule is O=c1[nH]cnc2c1cnn2Cc1ccccc1. The summed E-state index contributed by atoms with van der Waals surface area (Å²) in [6, 6.07) is 9.94. The molecule has 0 bridgehead atoms. The van der Waals surface area contributed by atoms with Crippen LogP contribution in [0.15, 0.2) is 47.7 Å². The molecule has 1 aromatic carbocycles. The number of rotatable bonds is 2. The van der Waals surface area contributed by atoms with E-state index in [1.165, 1.54) is 6.33 Å². The molecule has 0 atom stereocenters. The standard InChI is InChI=1S/C12H10N4O/c17-12-10-6-15-16(11(10)13-8-14-12)7-9-4-2-1-3-5-9/h1-6,8H,7H2,(H,13,14,17). The molecular formula is C12H10N4O. The average Bonchev–Trinajstić information content (AvgIpc) is 2.76. The summed E-state index contributed by atoms with van der Waals surface area (Å²) in [4.78, 5) is 18.2. The summed E-state index contributed by atoms with van der Waals surface area (Å²) < 4.78 is 1.72. The van der Waals surface area contributed by atoms with Crippen molar-refractivity contribution in [3.8, 4) is 0 Å². The lowest BCUT2D eigenvalue weighted by Gasteiger charge is -2.02. The lowest BCUT2D eigenvalue weighted by Crippen LogP contribution is -2.07. The van der Waals surface area contributed by atoms with Gasteiger partial charge in [0.2, 0.25) is 0 Å². The lowest BCUT2D eigenvalue weighted by molar-refractivity contribution is 0.703. The van der Waals surface area contributed by atoms with E-state index in [2.05, 4.69) is 15.1 Å². The zero-order chi connectivity index (χ0) is 11.7. The average molecular weight is 226 g/mol. The van der Waals surface area contributed by atoms with Crippen LogP contribution >= 0.6 is 0 Å². The molecule has 5 heteroatoms. The number of aromatic nitrogens is 4. The van der Waals surface area contributed by atoms with Gasteiger partial charge in [-0.15, -0.1) is 0 Å². The maximum Gasteiger partial charge on any atom is 0.261 e. The van der Waals surface area contributed by atoms with Crippen LogP contribution in [0.1, 0.15) is 5.56 Å². The van der Waals surface area contributed by atoms with Gasteiger partial charge in [-0.25, -0.2) is 9.67 Å². The van der Waals surface area contributed by atoms with Crippen LogP contribution in [-0.4, -0.2) is 19.7 Å². The third-order valence-electron chi connectivity index (χ3n) is 2.61. The third-order valence-corrected chi connectivity index (χ3v) is 2.61. The van der Waals surface area contributed by atoms with E-state index >= 15 is 0 Å². The largest absolute Gasteiger partial charge is 0.312 e. The van der Waals surface area contributed by atoms with E-state index in [4.69, 9.17) is 0 Å². The Morgan fingerprint density at radius 2 is 2.06 bits per heavy atom. The molecule has 0 aliphatic heterocycles. The predicted octanol–water partition coefficient (Wildman–Crippen LogP) is 1.17. The number of hydrogen-bond donors (Lipinski definition) is 1. The van der Waals surface area contributed by atoms with E-state index in [1.54, 1.807) is 10.9 Å². The normalized spacial score (nSPS) is 10.8. The molecule has 0 aliphatic rings. The van der Waals surface area contributed by atoms with E-state index in [1.807, 2.05) is 30.3 Å². The number of benzene rings is 1. The predicted molar refractivity (Wildman–Crippen MR) is 63.7 cm³/mol. The van der Waals surface area contributed by atoms with Crippen molar-refractivity contribution in [1.82, 2.24) is 19.7 Å². The lowest BCUT2D eigenvalue weighted by atomic mass is 10.2. The Morgan fingerprint density at radius 1 is 1.24 bits per heavy atom. The van der Waals surface area contributed by atoms with E-state index in [-0.39, 0.29) is 5.56 Å². The van der Waals surface area contributed by atoms with Crippen LogP contribution in [0.2, 0.25) is 0 Å². The van der Waals surface area contributed by atoms with Crippen molar-refractivity contribution in [2.45, 2.75) is 6.54 Å². The number of nitrogens with zero attached hydrogens (tertiary/aromatic N) is 3. The van der Waals surface area contributed by atoms with E-state index in [9.17, 15) is 4.79 Å². The summed E-state index contributed by atoms with van der Waals surface area (Å²) in [5.41, 5.74) is 1.58. The summed E-state index contributed by atoms with van der Waals surface area (Å²) in [5.74, 6) is 0. The minimum absolute atomic E-state index is 0.158. The van der Waals surface area contributed by atoms with E-state index < -0.39 is 0 Å². The number of nitrogens with one attached hydrogen (secondary N) is 1. The first-order valence-corrected chi connectivity index (χ1v) is 5.28. The molecule has 3 rings (SSSR count). The van der Waals surface area contributed by atoms with Crippen molar-refractivity contribution in [3.63, 3.8) is 0 Å². The van der Waals surface area contributed by atoms with Gasteiger partial charge in [-0.1, -0.05) is 30.3 Å². The molecule has 0 aliphatic carbocycles. The molecule has 5 nitrogen and oxygen atoms in total. The maximum atomic E-state index is 11.5. The Hall–Kier alpha value is -2.43. The first-order chi connectivity index (χ1) is 8.34. The quantitative estimate of drug-likeness (QED) is 0.713. The maximum absolute atomic E-state index is 11.5. The summed E-state index contributed by atoms with van der Waals surface area (Å²) in [6.45, 7) is 0.612. The fraction of sp³-hybridized carbons (Fsp3) is 0.0833. The van der Waals surface area contributed by atoms with Crippen LogP contribution in [0.3, 0.4) is 0 Å². The van der Waals surface area contributed by atoms with Gasteiger partial charge in [0, 0.05) is 0 Å². The Bertz CT molecular complexity index is 699. The highest BCUT2D eigenvalue weighted by Crippen LogP contribution is 2.08. The summed E-state index contributed by atoms with van der Waals surface area (Å²) in [5, 5.41) is 4.70. The molecule has 0 radical (unpaired) electrons. The fourth-order valence-corrected chi connectivity index (χ4v) is 1.78. The molecule has 0 spiro atoms. The molecular weight excluding hydrogens is 216 g/mol. The Balaban J connectivity index is 2.08. The van der Waals surface area contributed by atoms with Gasteiger partial charge in [0.15, 0.2) is 5.65 Å². The highest BCUT2D eigenvalue weighted by molar-refractivity contribution is 5.72. The van der Waals surface area contributed by atoms with Gasteiger partial charge in [-0.2, -0.15) is 5.10 Å². The van der Waals surface area contributed by atoms with Crippen molar-refractivity contribution < 1.29 is 0 Å². The van der Waals surface area contributed by atoms with Gasteiger partial charge in [0.1, 0.15) is 5.39 Å². The highest BCUT2D eigenvalue weighted by Gasteiger charge is 2.06. The number of fused-ring (bicyclic) bond motifs is 1. The summed E-state index contributed by atoms with van der Waals surface area (Å²) in [6.07, 6.45) is 2.94. The van der Waals surface area contributed by atoms with Crippen LogP contribution in [0.4, 0.5) is 0 Å². The molecule has 0 saturated heterocycles. The van der Waals surface area contributed by atoms with Gasteiger partial charge in [0.25, 0.3) is 5.56 Å². The van der Waals surface area contributed by atoms with Gasteiger partial charge < -0.3 is 4.98 Å². The first kappa shape index (κ1) is 9.77. The second-order valence-corrected chi connectivity index (χ2v) is 3.76. The van der Waals surface area contributed by atoms with Gasteiger partial charge in [0.05, 0.1) is 19.1 Å². The fourth-order valence-electron chi connectivity index (χ4n) is 1.78. The Kier molecular flexibility index (Phi) is 2.22. The van der Waals surface area contributed by atoms with Crippen LogP contribution < -0.4 is 5.56 Å². The van der Waals surface area contributed by atoms with Crippen LogP contribution in [0.25, 0.3) is 11.0 Å². The first-order valence-electron chi connectivity index (χ1n) is 5.28. The second-order valence-electron chi connectivity index (χ2n) is 3.76. The monoisotopic (exact) mass is 226 g/mol. The number of H-pyrrole nitrogens is 1. The molecule has 0 fully saturated rings. The van der Waals surface area contributed by atoms with Crippen LogP contribution in [0, 0.1) is 0 Å². The molecule has 84 valence electrons. The van der Waals surface area contributed by atoms with Gasteiger partial charge >= 0.3 is 0 Å². The van der Waals surface area contributed by atoms with Crippen LogP contribution in [-0.2, 0) is 6.54 Å². The third kappa shape index (κ3) is 1.71. The van der Waals surface area contributed by atoms with Crippen molar-refractivity contribution in [1.29, 1.82) is 0 Å². The van der Waals surface area contributed by atoms with Crippen molar-refractivity contribution in [2.24, 2.45) is 0 Å². The molecule has 1 N–H and O–H groups in total.